The van der Waals surface area contributed by atoms with Gasteiger partial charge in [0.2, 0.25) is 0 Å². The summed E-state index contributed by atoms with van der Waals surface area (Å²) < 4.78 is 1.35. The van der Waals surface area contributed by atoms with E-state index in [0.717, 1.165) is 0 Å². The van der Waals surface area contributed by atoms with Gasteiger partial charge >= 0.3 is 5.69 Å². The maximum absolute atomic E-state index is 11.8. The van der Waals surface area contributed by atoms with Crippen molar-refractivity contribution < 1.29 is 0 Å². The van der Waals surface area contributed by atoms with Crippen molar-refractivity contribution in [2.75, 3.05) is 0 Å². The highest BCUT2D eigenvalue weighted by Crippen LogP contribution is 2.25. The number of hydrogen-bond acceptors (Lipinski definition) is 3. The van der Waals surface area contributed by atoms with E-state index in [0.29, 0.717) is 28.0 Å². The fourth-order valence-electron chi connectivity index (χ4n) is 1.63. The first-order valence-corrected chi connectivity index (χ1v) is 6.18. The Morgan fingerprint density at radius 2 is 2.22 bits per heavy atom. The normalized spacial score (nSPS) is 12.7. The van der Waals surface area contributed by atoms with Crippen molar-refractivity contribution in [1.29, 1.82) is 0 Å². The van der Waals surface area contributed by atoms with E-state index >= 15 is 0 Å². The van der Waals surface area contributed by atoms with E-state index in [-0.39, 0.29) is 6.04 Å². The third-order valence-corrected chi connectivity index (χ3v) is 3.17. The van der Waals surface area contributed by atoms with Crippen molar-refractivity contribution in [2.45, 2.75) is 19.4 Å². The number of nitrogens with zero attached hydrogens (tertiary/aromatic N) is 2. The average Bonchev–Trinajstić information content (AvgIpc) is 2.73. The maximum Gasteiger partial charge on any atom is 0.348 e. The van der Waals surface area contributed by atoms with E-state index in [4.69, 9.17) is 28.9 Å². The van der Waals surface area contributed by atoms with E-state index in [1.54, 1.807) is 18.2 Å². The van der Waals surface area contributed by atoms with Crippen LogP contribution in [-0.4, -0.2) is 14.8 Å². The van der Waals surface area contributed by atoms with E-state index in [2.05, 4.69) is 10.2 Å². The van der Waals surface area contributed by atoms with Gasteiger partial charge in [-0.1, -0.05) is 30.1 Å². The molecule has 2 aromatic rings. The molecule has 1 aromatic carbocycles. The van der Waals surface area contributed by atoms with E-state index < -0.39 is 5.69 Å². The van der Waals surface area contributed by atoms with E-state index in [9.17, 15) is 4.79 Å². The van der Waals surface area contributed by atoms with Gasteiger partial charge in [0, 0.05) is 5.02 Å². The average molecular weight is 287 g/mol. The molecule has 0 saturated carbocycles. The van der Waals surface area contributed by atoms with Crippen LogP contribution in [0.2, 0.25) is 10.0 Å². The Kier molecular flexibility index (Phi) is 3.75. The summed E-state index contributed by atoms with van der Waals surface area (Å²) in [6.45, 7) is 1.91. The number of benzene rings is 1. The first kappa shape index (κ1) is 13.1. The highest BCUT2D eigenvalue weighted by Gasteiger charge is 2.17. The van der Waals surface area contributed by atoms with Crippen molar-refractivity contribution in [3.05, 3.63) is 44.6 Å². The molecule has 7 heteroatoms. The Balaban J connectivity index is 2.67. The number of halogens is 2. The SMILES string of the molecule is CC[C@H](N)c1n[nH]c(=O)n1-c1cc(Cl)ccc1Cl. The van der Waals surface area contributed by atoms with Crippen LogP contribution < -0.4 is 11.4 Å². The van der Waals surface area contributed by atoms with Gasteiger partial charge in [0.1, 0.15) is 0 Å². The Morgan fingerprint density at radius 3 is 2.89 bits per heavy atom. The standard InChI is InChI=1S/C11H12Cl2N4O/c1-2-8(14)10-15-16-11(18)17(10)9-5-6(12)3-4-7(9)13/h3-5,8H,2,14H2,1H3,(H,16,18)/t8-/m0/s1. The molecule has 0 aliphatic heterocycles. The summed E-state index contributed by atoms with van der Waals surface area (Å²) in [4.78, 5) is 11.8. The van der Waals surface area contributed by atoms with Crippen LogP contribution >= 0.6 is 23.2 Å². The molecule has 0 aliphatic rings. The second kappa shape index (κ2) is 5.14. The molecule has 0 fully saturated rings. The minimum absolute atomic E-state index is 0.348. The summed E-state index contributed by atoms with van der Waals surface area (Å²) in [6, 6.07) is 4.53. The zero-order valence-corrected chi connectivity index (χ0v) is 11.2. The van der Waals surface area contributed by atoms with Gasteiger partial charge in [-0.25, -0.2) is 14.5 Å². The van der Waals surface area contributed by atoms with Gasteiger partial charge < -0.3 is 5.73 Å². The zero-order chi connectivity index (χ0) is 13.3. The van der Waals surface area contributed by atoms with Crippen molar-refractivity contribution in [3.8, 4) is 5.69 Å². The van der Waals surface area contributed by atoms with E-state index in [1.165, 1.54) is 4.57 Å². The van der Waals surface area contributed by atoms with Gasteiger partial charge in [0.05, 0.1) is 16.8 Å². The summed E-state index contributed by atoms with van der Waals surface area (Å²) in [7, 11) is 0. The molecule has 18 heavy (non-hydrogen) atoms. The number of rotatable bonds is 3. The van der Waals surface area contributed by atoms with Crippen LogP contribution in [0.4, 0.5) is 0 Å². The minimum atomic E-state index is -0.391. The van der Waals surface area contributed by atoms with Gasteiger partial charge in [-0.05, 0) is 24.6 Å². The minimum Gasteiger partial charge on any atom is -0.321 e. The molecule has 0 amide bonds. The number of nitrogens with one attached hydrogen (secondary N) is 1. The topological polar surface area (TPSA) is 76.7 Å². The number of aromatic nitrogens is 3. The predicted octanol–water partition coefficient (Wildman–Crippen LogP) is 2.28. The summed E-state index contributed by atoms with van der Waals surface area (Å²) >= 11 is 12.0. The summed E-state index contributed by atoms with van der Waals surface area (Å²) in [6.07, 6.45) is 0.655. The first-order valence-electron chi connectivity index (χ1n) is 5.43. The van der Waals surface area contributed by atoms with Crippen LogP contribution in [0.5, 0.6) is 0 Å². The lowest BCUT2D eigenvalue weighted by Crippen LogP contribution is -2.21. The molecule has 0 aliphatic carbocycles. The van der Waals surface area contributed by atoms with Gasteiger partial charge in [-0.15, -0.1) is 0 Å². The van der Waals surface area contributed by atoms with Crippen molar-refractivity contribution in [1.82, 2.24) is 14.8 Å². The molecule has 1 heterocycles. The third-order valence-electron chi connectivity index (χ3n) is 2.62. The van der Waals surface area contributed by atoms with Gasteiger partial charge in [0.25, 0.3) is 0 Å². The molecular weight excluding hydrogens is 275 g/mol. The van der Waals surface area contributed by atoms with Crippen LogP contribution in [0.15, 0.2) is 23.0 Å². The van der Waals surface area contributed by atoms with E-state index in [1.807, 2.05) is 6.92 Å². The molecule has 0 radical (unpaired) electrons. The Labute approximate surface area is 114 Å². The van der Waals surface area contributed by atoms with Crippen LogP contribution in [0.1, 0.15) is 25.2 Å². The number of H-pyrrole nitrogens is 1. The highest BCUT2D eigenvalue weighted by atomic mass is 35.5. The molecule has 2 rings (SSSR count). The molecule has 0 spiro atoms. The molecule has 1 aromatic heterocycles. The monoisotopic (exact) mass is 286 g/mol. The third kappa shape index (κ3) is 2.29. The molecule has 0 unspecified atom stereocenters. The van der Waals surface area contributed by atoms with Gasteiger partial charge in [-0.2, -0.15) is 5.10 Å². The summed E-state index contributed by atoms with van der Waals surface area (Å²) in [5, 5.41) is 7.20. The van der Waals surface area contributed by atoms with Crippen molar-refractivity contribution in [3.63, 3.8) is 0 Å². The first-order chi connectivity index (χ1) is 8.54. The Bertz CT molecular complexity index is 620. The van der Waals surface area contributed by atoms with Crippen LogP contribution in [-0.2, 0) is 0 Å². The molecule has 1 atom stereocenters. The number of nitrogens with two attached hydrogens (primary N) is 1. The molecule has 3 N–H and O–H groups in total. The smallest absolute Gasteiger partial charge is 0.321 e. The van der Waals surface area contributed by atoms with Gasteiger partial charge in [0.15, 0.2) is 5.82 Å². The summed E-state index contributed by atoms with van der Waals surface area (Å²) in [5.74, 6) is 0.437. The van der Waals surface area contributed by atoms with Crippen LogP contribution in [0.3, 0.4) is 0 Å². The lowest BCUT2D eigenvalue weighted by atomic mass is 10.2. The lowest BCUT2D eigenvalue weighted by Gasteiger charge is -2.11. The van der Waals surface area contributed by atoms with Gasteiger partial charge in [-0.3, -0.25) is 0 Å². The zero-order valence-electron chi connectivity index (χ0n) is 9.65. The second-order valence-electron chi connectivity index (χ2n) is 3.83. The fourth-order valence-corrected chi connectivity index (χ4v) is 2.00. The number of hydrogen-bond donors (Lipinski definition) is 2. The molecular formula is C11H12Cl2N4O. The Morgan fingerprint density at radius 1 is 1.50 bits per heavy atom. The quantitative estimate of drug-likeness (QED) is 0.909. The van der Waals surface area contributed by atoms with Crippen molar-refractivity contribution >= 4 is 23.2 Å². The summed E-state index contributed by atoms with van der Waals surface area (Å²) in [5.41, 5.74) is 6.00. The number of aromatic amines is 1. The molecule has 0 bridgehead atoms. The largest absolute Gasteiger partial charge is 0.348 e. The van der Waals surface area contributed by atoms with Crippen LogP contribution in [0.25, 0.3) is 5.69 Å². The molecule has 5 nitrogen and oxygen atoms in total. The molecule has 0 saturated heterocycles. The van der Waals surface area contributed by atoms with Crippen molar-refractivity contribution in [2.24, 2.45) is 5.73 Å². The second-order valence-corrected chi connectivity index (χ2v) is 4.68. The molecule has 96 valence electrons. The Hall–Kier alpha value is -1.30. The highest BCUT2D eigenvalue weighted by molar-refractivity contribution is 6.34. The predicted molar refractivity (Wildman–Crippen MR) is 71.4 cm³/mol. The lowest BCUT2D eigenvalue weighted by molar-refractivity contribution is 0.631. The maximum atomic E-state index is 11.8. The van der Waals surface area contributed by atoms with Crippen LogP contribution in [0, 0.1) is 0 Å². The fraction of sp³-hybridized carbons (Fsp3) is 0.273.